The smallest absolute Gasteiger partial charge is 0.134 e. The molecule has 0 saturated carbocycles. The van der Waals surface area contributed by atoms with Crippen molar-refractivity contribution in [1.29, 1.82) is 0 Å². The van der Waals surface area contributed by atoms with E-state index >= 15 is 0 Å². The van der Waals surface area contributed by atoms with Crippen LogP contribution in [0.3, 0.4) is 0 Å². The Morgan fingerprint density at radius 1 is 1.17 bits per heavy atom. The number of aryl methyl sites for hydroxylation is 1. The summed E-state index contributed by atoms with van der Waals surface area (Å²) in [5.74, 6) is 3.54. The van der Waals surface area contributed by atoms with Crippen LogP contribution >= 0.6 is 0 Å². The van der Waals surface area contributed by atoms with E-state index in [0.29, 0.717) is 0 Å². The quantitative estimate of drug-likeness (QED) is 0.761. The molecule has 1 N–H and O–H groups in total. The largest absolute Gasteiger partial charge is 0.497 e. The fourth-order valence-corrected chi connectivity index (χ4v) is 2.47. The molecule has 2 aromatic rings. The van der Waals surface area contributed by atoms with Gasteiger partial charge in [0, 0.05) is 26.2 Å². The number of nitrogens with one attached hydrogen (secondary N) is 1. The van der Waals surface area contributed by atoms with Crippen LogP contribution in [0.15, 0.2) is 30.3 Å². The Morgan fingerprint density at radius 2 is 1.92 bits per heavy atom. The minimum Gasteiger partial charge on any atom is -0.497 e. The maximum Gasteiger partial charge on any atom is 0.134 e. The summed E-state index contributed by atoms with van der Waals surface area (Å²) < 4.78 is 5.18. The van der Waals surface area contributed by atoms with Crippen molar-refractivity contribution in [2.24, 2.45) is 0 Å². The summed E-state index contributed by atoms with van der Waals surface area (Å²) in [5, 5.41) is 3.40. The molecule has 5 heteroatoms. The topological polar surface area (TPSA) is 50.3 Å². The van der Waals surface area contributed by atoms with E-state index in [1.807, 2.05) is 25.1 Å². The van der Waals surface area contributed by atoms with Crippen molar-refractivity contribution in [2.45, 2.75) is 33.1 Å². The van der Waals surface area contributed by atoms with Crippen LogP contribution in [0.2, 0.25) is 0 Å². The summed E-state index contributed by atoms with van der Waals surface area (Å²) in [6.07, 6.45) is 3.29. The molecule has 0 radical (unpaired) electrons. The van der Waals surface area contributed by atoms with Gasteiger partial charge < -0.3 is 15.0 Å². The number of anilines is 2. The van der Waals surface area contributed by atoms with Crippen LogP contribution in [0, 0.1) is 6.92 Å². The van der Waals surface area contributed by atoms with Crippen LogP contribution in [-0.2, 0) is 6.42 Å². The lowest BCUT2D eigenvalue weighted by Crippen LogP contribution is -2.20. The lowest BCUT2D eigenvalue weighted by Gasteiger charge is -2.19. The van der Waals surface area contributed by atoms with Gasteiger partial charge in [-0.15, -0.1) is 0 Å². The number of hydrogen-bond donors (Lipinski definition) is 1. The second kappa shape index (κ2) is 9.11. The first kappa shape index (κ1) is 18.0. The molecule has 2 rings (SSSR count). The van der Waals surface area contributed by atoms with Gasteiger partial charge in [0.05, 0.1) is 7.11 Å². The third-order valence-electron chi connectivity index (χ3n) is 3.94. The standard InChI is InChI=1S/C19H28N4O/c1-5-6-13-23(3)19-14-18(21-15(2)22-19)20-12-11-16-7-9-17(24-4)10-8-16/h7-10,14H,5-6,11-13H2,1-4H3,(H,20,21,22). The highest BCUT2D eigenvalue weighted by atomic mass is 16.5. The Balaban J connectivity index is 1.92. The Morgan fingerprint density at radius 3 is 2.58 bits per heavy atom. The summed E-state index contributed by atoms with van der Waals surface area (Å²) in [4.78, 5) is 11.2. The van der Waals surface area contributed by atoms with E-state index in [1.54, 1.807) is 7.11 Å². The van der Waals surface area contributed by atoms with Gasteiger partial charge in [0.15, 0.2) is 0 Å². The molecule has 0 fully saturated rings. The maximum absolute atomic E-state index is 5.18. The number of hydrogen-bond acceptors (Lipinski definition) is 5. The zero-order valence-corrected chi connectivity index (χ0v) is 15.2. The van der Waals surface area contributed by atoms with Crippen molar-refractivity contribution in [3.8, 4) is 5.75 Å². The summed E-state index contributed by atoms with van der Waals surface area (Å²) >= 11 is 0. The molecular weight excluding hydrogens is 300 g/mol. The Kier molecular flexibility index (Phi) is 6.85. The molecule has 0 amide bonds. The van der Waals surface area contributed by atoms with Gasteiger partial charge in [0.25, 0.3) is 0 Å². The van der Waals surface area contributed by atoms with Crippen molar-refractivity contribution in [2.75, 3.05) is 37.5 Å². The molecule has 1 aromatic heterocycles. The monoisotopic (exact) mass is 328 g/mol. The van der Waals surface area contributed by atoms with Crippen LogP contribution in [-0.4, -0.2) is 37.2 Å². The number of nitrogens with zero attached hydrogens (tertiary/aromatic N) is 3. The molecule has 0 unspecified atom stereocenters. The molecule has 0 spiro atoms. The van der Waals surface area contributed by atoms with Crippen LogP contribution < -0.4 is 15.0 Å². The third kappa shape index (κ3) is 5.41. The van der Waals surface area contributed by atoms with Gasteiger partial charge in [-0.1, -0.05) is 25.5 Å². The normalized spacial score (nSPS) is 10.5. The minimum absolute atomic E-state index is 0.794. The number of benzene rings is 1. The van der Waals surface area contributed by atoms with Gasteiger partial charge in [0.1, 0.15) is 23.2 Å². The Hall–Kier alpha value is -2.30. The lowest BCUT2D eigenvalue weighted by atomic mass is 10.1. The maximum atomic E-state index is 5.18. The average Bonchev–Trinajstić information content (AvgIpc) is 2.59. The second-order valence-electron chi connectivity index (χ2n) is 5.96. The second-order valence-corrected chi connectivity index (χ2v) is 5.96. The third-order valence-corrected chi connectivity index (χ3v) is 3.94. The molecule has 1 heterocycles. The van der Waals surface area contributed by atoms with Crippen molar-refractivity contribution < 1.29 is 4.74 Å². The van der Waals surface area contributed by atoms with E-state index in [-0.39, 0.29) is 0 Å². The number of ether oxygens (including phenoxy) is 1. The van der Waals surface area contributed by atoms with Crippen molar-refractivity contribution in [3.05, 3.63) is 41.7 Å². The van der Waals surface area contributed by atoms with Crippen LogP contribution in [0.5, 0.6) is 5.75 Å². The van der Waals surface area contributed by atoms with Crippen molar-refractivity contribution in [3.63, 3.8) is 0 Å². The average molecular weight is 328 g/mol. The highest BCUT2D eigenvalue weighted by Crippen LogP contribution is 2.16. The van der Waals surface area contributed by atoms with Gasteiger partial charge >= 0.3 is 0 Å². The summed E-state index contributed by atoms with van der Waals surface area (Å²) in [5.41, 5.74) is 1.27. The fraction of sp³-hybridized carbons (Fsp3) is 0.474. The van der Waals surface area contributed by atoms with E-state index in [1.165, 1.54) is 18.4 Å². The van der Waals surface area contributed by atoms with E-state index in [2.05, 4.69) is 46.3 Å². The number of methoxy groups -OCH3 is 1. The van der Waals surface area contributed by atoms with Crippen molar-refractivity contribution in [1.82, 2.24) is 9.97 Å². The molecule has 130 valence electrons. The zero-order chi connectivity index (χ0) is 17.4. The van der Waals surface area contributed by atoms with Gasteiger partial charge in [-0.2, -0.15) is 0 Å². The molecular formula is C19H28N4O. The molecule has 1 aromatic carbocycles. The van der Waals surface area contributed by atoms with E-state index in [4.69, 9.17) is 4.74 Å². The molecule has 0 atom stereocenters. The molecule has 24 heavy (non-hydrogen) atoms. The summed E-state index contributed by atoms with van der Waals surface area (Å²) in [6.45, 7) is 5.98. The van der Waals surface area contributed by atoms with Gasteiger partial charge in [-0.05, 0) is 37.5 Å². The highest BCUT2D eigenvalue weighted by Gasteiger charge is 2.06. The molecule has 0 saturated heterocycles. The molecule has 0 bridgehead atoms. The summed E-state index contributed by atoms with van der Waals surface area (Å²) in [6, 6.07) is 10.2. The highest BCUT2D eigenvalue weighted by molar-refractivity contribution is 5.49. The van der Waals surface area contributed by atoms with Crippen LogP contribution in [0.25, 0.3) is 0 Å². The predicted octanol–water partition coefficient (Wildman–Crippen LogP) is 3.68. The Bertz CT molecular complexity index is 628. The van der Waals surface area contributed by atoms with Crippen molar-refractivity contribution >= 4 is 11.6 Å². The first-order valence-corrected chi connectivity index (χ1v) is 8.56. The SMILES string of the molecule is CCCCN(C)c1cc(NCCc2ccc(OC)cc2)nc(C)n1. The summed E-state index contributed by atoms with van der Waals surface area (Å²) in [7, 11) is 3.77. The first-order valence-electron chi connectivity index (χ1n) is 8.56. The molecule has 0 aliphatic rings. The zero-order valence-electron chi connectivity index (χ0n) is 15.2. The number of unbranched alkanes of at least 4 members (excludes halogenated alkanes) is 1. The molecule has 0 aliphatic carbocycles. The van der Waals surface area contributed by atoms with Crippen LogP contribution in [0.4, 0.5) is 11.6 Å². The van der Waals surface area contributed by atoms with Crippen LogP contribution in [0.1, 0.15) is 31.2 Å². The van der Waals surface area contributed by atoms with Gasteiger partial charge in [-0.3, -0.25) is 0 Å². The van der Waals surface area contributed by atoms with E-state index in [9.17, 15) is 0 Å². The predicted molar refractivity (Wildman–Crippen MR) is 100 cm³/mol. The molecule has 0 aliphatic heterocycles. The van der Waals surface area contributed by atoms with E-state index in [0.717, 1.165) is 42.7 Å². The van der Waals surface area contributed by atoms with Gasteiger partial charge in [0.2, 0.25) is 0 Å². The Labute approximate surface area is 145 Å². The first-order chi connectivity index (χ1) is 11.6. The minimum atomic E-state index is 0.794. The van der Waals surface area contributed by atoms with E-state index < -0.39 is 0 Å². The van der Waals surface area contributed by atoms with Gasteiger partial charge in [-0.25, -0.2) is 9.97 Å². The number of rotatable bonds is 9. The molecule has 5 nitrogen and oxygen atoms in total. The number of aromatic nitrogens is 2. The fourth-order valence-electron chi connectivity index (χ4n) is 2.47. The lowest BCUT2D eigenvalue weighted by molar-refractivity contribution is 0.414.